The van der Waals surface area contributed by atoms with Crippen LogP contribution in [0.4, 0.5) is 5.69 Å². The average Bonchev–Trinajstić information content (AvgIpc) is 2.68. The number of rotatable bonds is 1. The Morgan fingerprint density at radius 1 is 1.35 bits per heavy atom. The first kappa shape index (κ1) is 11.9. The van der Waals surface area contributed by atoms with E-state index in [0.29, 0.717) is 5.17 Å². The highest BCUT2D eigenvalue weighted by molar-refractivity contribution is 8.16. The number of quaternary nitrogens is 1. The van der Waals surface area contributed by atoms with Crippen molar-refractivity contribution in [3.05, 3.63) is 41.4 Å². The Balaban J connectivity index is 2.70. The summed E-state index contributed by atoms with van der Waals surface area (Å²) in [5, 5.41) is 6.27. The molecule has 0 saturated carbocycles. The number of allylic oxidation sites excluding steroid dienone is 1. The van der Waals surface area contributed by atoms with Gasteiger partial charge in [-0.15, -0.1) is 9.58 Å². The van der Waals surface area contributed by atoms with Crippen molar-refractivity contribution in [3.8, 4) is 0 Å². The predicted molar refractivity (Wildman–Crippen MR) is 71.9 cm³/mol. The fraction of sp³-hybridized carbons (Fsp3) is 0.167. The van der Waals surface area contributed by atoms with Crippen molar-refractivity contribution in [3.63, 3.8) is 0 Å². The normalized spacial score (nSPS) is 26.0. The van der Waals surface area contributed by atoms with Crippen LogP contribution in [0.1, 0.15) is 13.8 Å². The highest BCUT2D eigenvalue weighted by atomic mass is 32.2. The molecule has 0 saturated heterocycles. The summed E-state index contributed by atoms with van der Waals surface area (Å²) in [5.41, 5.74) is 1.78. The molecule has 0 fully saturated rings. The number of amides is 1. The predicted octanol–water partition coefficient (Wildman–Crippen LogP) is 2.38. The molecule has 17 heavy (non-hydrogen) atoms. The number of amidine groups is 1. The fourth-order valence-corrected chi connectivity index (χ4v) is 3.13. The van der Waals surface area contributed by atoms with E-state index in [9.17, 15) is 4.79 Å². The summed E-state index contributed by atoms with van der Waals surface area (Å²) in [6.45, 7) is 3.47. The molecule has 4 nitrogen and oxygen atoms in total. The Labute approximate surface area is 104 Å². The lowest BCUT2D eigenvalue weighted by atomic mass is 10.2. The number of hydrogen-bond donors (Lipinski definition) is 1. The van der Waals surface area contributed by atoms with Gasteiger partial charge in [-0.25, -0.2) is 4.79 Å². The summed E-state index contributed by atoms with van der Waals surface area (Å²) in [4.78, 5) is 12.1. The molecular weight excluding hydrogens is 234 g/mol. The summed E-state index contributed by atoms with van der Waals surface area (Å²) in [5.74, 6) is 5.40. The zero-order valence-electron chi connectivity index (χ0n) is 9.75. The van der Waals surface area contributed by atoms with Gasteiger partial charge in [-0.3, -0.25) is 0 Å². The van der Waals surface area contributed by atoms with Crippen LogP contribution in [0.15, 0.2) is 46.5 Å². The van der Waals surface area contributed by atoms with Crippen LogP contribution in [-0.4, -0.2) is 11.1 Å². The Morgan fingerprint density at radius 2 is 2.00 bits per heavy atom. The number of para-hydroxylation sites is 1. The Morgan fingerprint density at radius 3 is 2.53 bits per heavy atom. The van der Waals surface area contributed by atoms with Crippen LogP contribution < -0.4 is 10.3 Å². The molecule has 88 valence electrons. The monoisotopic (exact) mass is 248 g/mol. The van der Waals surface area contributed by atoms with E-state index < -0.39 is 0 Å². The van der Waals surface area contributed by atoms with E-state index in [1.165, 1.54) is 11.8 Å². The van der Waals surface area contributed by atoms with E-state index in [1.54, 1.807) is 6.92 Å². The van der Waals surface area contributed by atoms with Crippen LogP contribution in [0.5, 0.6) is 0 Å². The van der Waals surface area contributed by atoms with Gasteiger partial charge in [-0.05, 0) is 11.8 Å². The third-order valence-electron chi connectivity index (χ3n) is 2.88. The van der Waals surface area contributed by atoms with Crippen molar-refractivity contribution in [2.45, 2.75) is 13.8 Å². The smallest absolute Gasteiger partial charge is 0.317 e. The van der Waals surface area contributed by atoms with Crippen LogP contribution in [0, 0.1) is 0 Å². The molecule has 2 N–H and O–H groups in total. The molecule has 1 atom stereocenters. The maximum absolute atomic E-state index is 12.1. The number of hydrazone groups is 1. The number of carbonyl (C=O) groups excluding carboxylic acids is 1. The Hall–Kier alpha value is -1.59. The second kappa shape index (κ2) is 4.35. The van der Waals surface area contributed by atoms with Crippen molar-refractivity contribution in [2.24, 2.45) is 10.9 Å². The zero-order valence-corrected chi connectivity index (χ0v) is 10.6. The van der Waals surface area contributed by atoms with Gasteiger partial charge in [0.1, 0.15) is 5.70 Å². The van der Waals surface area contributed by atoms with E-state index in [-0.39, 0.29) is 10.4 Å². The minimum Gasteiger partial charge on any atom is -0.317 e. The lowest BCUT2D eigenvalue weighted by molar-refractivity contribution is -0.123. The number of nitrogens with two attached hydrogens (primary N) is 1. The highest BCUT2D eigenvalue weighted by Gasteiger charge is 2.49. The molecule has 0 aliphatic carbocycles. The molecule has 1 amide bonds. The van der Waals surface area contributed by atoms with E-state index in [1.807, 2.05) is 42.7 Å². The number of carbonyl (C=O) groups is 1. The molecule has 5 heteroatoms. The first-order chi connectivity index (χ1) is 8.14. The summed E-state index contributed by atoms with van der Waals surface area (Å²) in [7, 11) is 0. The maximum Gasteiger partial charge on any atom is 0.327 e. The van der Waals surface area contributed by atoms with E-state index in [0.717, 1.165) is 11.4 Å². The quantitative estimate of drug-likeness (QED) is 0.471. The Bertz CT molecular complexity index is 510. The van der Waals surface area contributed by atoms with Gasteiger partial charge in [0.2, 0.25) is 0 Å². The van der Waals surface area contributed by atoms with E-state index >= 15 is 0 Å². The van der Waals surface area contributed by atoms with Crippen molar-refractivity contribution in [2.75, 3.05) is 0 Å². The first-order valence-electron chi connectivity index (χ1n) is 5.22. The van der Waals surface area contributed by atoms with Crippen molar-refractivity contribution >= 4 is 28.5 Å². The lowest BCUT2D eigenvalue weighted by Gasteiger charge is -2.29. The molecule has 1 aromatic rings. The number of hydrogen-bond acceptors (Lipinski definition) is 4. The van der Waals surface area contributed by atoms with Crippen LogP contribution in [0.3, 0.4) is 0 Å². The third-order valence-corrected chi connectivity index (χ3v) is 3.93. The van der Waals surface area contributed by atoms with Gasteiger partial charge < -0.3 is 5.84 Å². The Kier molecular flexibility index (Phi) is 3.04. The molecule has 0 aromatic heterocycles. The SMILES string of the molecule is CC(=O)[N+]1(c2ccccc2)C(C)=CSC1=NN. The molecule has 1 aliphatic heterocycles. The molecule has 2 rings (SSSR count). The van der Waals surface area contributed by atoms with Gasteiger partial charge in [0.15, 0.2) is 5.69 Å². The van der Waals surface area contributed by atoms with Gasteiger partial charge in [-0.2, -0.15) is 0 Å². The van der Waals surface area contributed by atoms with E-state index in [4.69, 9.17) is 5.84 Å². The largest absolute Gasteiger partial charge is 0.327 e. The van der Waals surface area contributed by atoms with Gasteiger partial charge in [0, 0.05) is 24.5 Å². The van der Waals surface area contributed by atoms with Crippen molar-refractivity contribution < 1.29 is 4.79 Å². The molecule has 0 spiro atoms. The van der Waals surface area contributed by atoms with Gasteiger partial charge in [0.25, 0.3) is 0 Å². The maximum atomic E-state index is 12.1. The highest BCUT2D eigenvalue weighted by Crippen LogP contribution is 2.39. The molecular formula is C12H14N3OS+. The summed E-state index contributed by atoms with van der Waals surface area (Å²) in [6.07, 6.45) is 0. The number of thioether (sulfide) groups is 1. The molecule has 1 heterocycles. The van der Waals surface area contributed by atoms with Gasteiger partial charge in [0.05, 0.1) is 6.92 Å². The molecule has 1 unspecified atom stereocenters. The van der Waals surface area contributed by atoms with Gasteiger partial charge >= 0.3 is 11.1 Å². The van der Waals surface area contributed by atoms with Crippen LogP contribution in [-0.2, 0) is 4.79 Å². The molecule has 1 aromatic carbocycles. The first-order valence-corrected chi connectivity index (χ1v) is 6.10. The second-order valence-corrected chi connectivity index (χ2v) is 4.65. The van der Waals surface area contributed by atoms with Gasteiger partial charge in [-0.1, -0.05) is 18.2 Å². The summed E-state index contributed by atoms with van der Waals surface area (Å²) < 4.78 is 0.00199. The number of benzene rings is 1. The van der Waals surface area contributed by atoms with E-state index in [2.05, 4.69) is 5.10 Å². The average molecular weight is 248 g/mol. The minimum absolute atomic E-state index is 0.00199. The molecule has 1 aliphatic rings. The lowest BCUT2D eigenvalue weighted by Crippen LogP contribution is -2.52. The third kappa shape index (κ3) is 1.59. The summed E-state index contributed by atoms with van der Waals surface area (Å²) in [6, 6.07) is 9.55. The zero-order chi connectivity index (χ0) is 12.5. The molecule has 0 radical (unpaired) electrons. The van der Waals surface area contributed by atoms with Crippen LogP contribution >= 0.6 is 11.8 Å². The molecule has 0 bridgehead atoms. The second-order valence-electron chi connectivity index (χ2n) is 3.81. The fourth-order valence-electron chi connectivity index (χ4n) is 2.09. The topological polar surface area (TPSA) is 55.5 Å². The van der Waals surface area contributed by atoms with Crippen LogP contribution in [0.2, 0.25) is 0 Å². The minimum atomic E-state index is -0.0147. The summed E-state index contributed by atoms with van der Waals surface area (Å²) >= 11 is 1.39. The number of nitrogens with zero attached hydrogens (tertiary/aromatic N) is 2. The van der Waals surface area contributed by atoms with Crippen molar-refractivity contribution in [1.82, 2.24) is 4.48 Å². The van der Waals surface area contributed by atoms with Crippen LogP contribution in [0.25, 0.3) is 0 Å². The van der Waals surface area contributed by atoms with Crippen molar-refractivity contribution in [1.29, 1.82) is 0 Å². The standard InChI is InChI=1S/C12H14N3OS/c1-9-8-17-12(14-13)15(9,10(2)16)11-6-4-3-5-7-11/h3-8H,13H2,1-2H3/q+1.